The zero-order valence-electron chi connectivity index (χ0n) is 11.0. The van der Waals surface area contributed by atoms with E-state index in [0.717, 1.165) is 0 Å². The van der Waals surface area contributed by atoms with E-state index >= 15 is 0 Å². The molecule has 0 saturated heterocycles. The second kappa shape index (κ2) is 7.20. The predicted octanol–water partition coefficient (Wildman–Crippen LogP) is 4.67. The van der Waals surface area contributed by atoms with Gasteiger partial charge in [-0.15, -0.1) is 0 Å². The molecular weight excluding hydrogens is 313 g/mol. The second-order valence-corrected chi connectivity index (χ2v) is 5.14. The van der Waals surface area contributed by atoms with Crippen molar-refractivity contribution in [1.82, 2.24) is 0 Å². The van der Waals surface area contributed by atoms with Gasteiger partial charge in [-0.2, -0.15) is 0 Å². The van der Waals surface area contributed by atoms with Crippen LogP contribution in [0, 0.1) is 0 Å². The third-order valence-corrected chi connectivity index (χ3v) is 3.12. The molecule has 0 aromatic heterocycles. The fourth-order valence-electron chi connectivity index (χ4n) is 1.66. The molecule has 4 nitrogen and oxygen atoms in total. The van der Waals surface area contributed by atoms with Crippen molar-refractivity contribution < 1.29 is 14.6 Å². The molecule has 2 aromatic rings. The van der Waals surface area contributed by atoms with Crippen molar-refractivity contribution in [3.63, 3.8) is 0 Å². The summed E-state index contributed by atoms with van der Waals surface area (Å²) in [6.45, 7) is 0.284. The number of anilines is 1. The van der Waals surface area contributed by atoms with Gasteiger partial charge in [0.05, 0.1) is 12.1 Å². The maximum Gasteiger partial charge on any atom is 0.305 e. The average Bonchev–Trinajstić information content (AvgIpc) is 2.43. The number of carboxylic acids is 1. The molecule has 6 heteroatoms. The Morgan fingerprint density at radius 1 is 1.10 bits per heavy atom. The number of hydrogen-bond donors (Lipinski definition) is 2. The van der Waals surface area contributed by atoms with Gasteiger partial charge in [0.2, 0.25) is 0 Å². The van der Waals surface area contributed by atoms with Gasteiger partial charge >= 0.3 is 5.97 Å². The highest BCUT2D eigenvalue weighted by Crippen LogP contribution is 2.32. The third-order valence-electron chi connectivity index (χ3n) is 2.64. The lowest BCUT2D eigenvalue weighted by Gasteiger charge is -2.13. The van der Waals surface area contributed by atoms with Gasteiger partial charge in [0, 0.05) is 16.6 Å². The first-order valence-corrected chi connectivity index (χ1v) is 6.99. The molecule has 2 rings (SSSR count). The summed E-state index contributed by atoms with van der Waals surface area (Å²) in [6.07, 6.45) is 0.00684. The number of ether oxygens (including phenoxy) is 1. The minimum atomic E-state index is -0.871. The van der Waals surface area contributed by atoms with Crippen LogP contribution in [0.25, 0.3) is 0 Å². The largest absolute Gasteiger partial charge is 0.481 e. The minimum Gasteiger partial charge on any atom is -0.481 e. The maximum atomic E-state index is 10.6. The zero-order valence-corrected chi connectivity index (χ0v) is 12.5. The van der Waals surface area contributed by atoms with Crippen molar-refractivity contribution in [2.45, 2.75) is 6.42 Å². The quantitative estimate of drug-likeness (QED) is 0.810. The smallest absolute Gasteiger partial charge is 0.305 e. The summed E-state index contributed by atoms with van der Waals surface area (Å²) >= 11 is 11.8. The fraction of sp³-hybridized carbons (Fsp3) is 0.133. The van der Waals surface area contributed by atoms with Crippen LogP contribution < -0.4 is 10.1 Å². The highest BCUT2D eigenvalue weighted by Gasteiger charge is 2.07. The summed E-state index contributed by atoms with van der Waals surface area (Å²) in [5.74, 6) is 0.319. The summed E-state index contributed by atoms with van der Waals surface area (Å²) in [5.41, 5.74) is 0.638. The molecule has 0 heterocycles. The number of nitrogens with one attached hydrogen (secondary N) is 1. The average molecular weight is 326 g/mol. The molecule has 0 radical (unpaired) electrons. The molecule has 0 spiro atoms. The number of hydrogen-bond acceptors (Lipinski definition) is 3. The summed E-state index contributed by atoms with van der Waals surface area (Å²) in [7, 11) is 0. The Labute approximate surface area is 132 Å². The topological polar surface area (TPSA) is 58.6 Å². The van der Waals surface area contributed by atoms with Gasteiger partial charge in [-0.1, -0.05) is 23.2 Å². The van der Waals surface area contributed by atoms with Crippen LogP contribution in [-0.2, 0) is 4.79 Å². The highest BCUT2D eigenvalue weighted by atomic mass is 35.5. The van der Waals surface area contributed by atoms with Gasteiger partial charge < -0.3 is 15.2 Å². The van der Waals surface area contributed by atoms with Crippen molar-refractivity contribution in [3.8, 4) is 11.5 Å². The molecular formula is C15H13Cl2NO3. The molecule has 0 fully saturated rings. The SMILES string of the molecule is O=C(O)CCNc1cc(Cl)ccc1Oc1ccc(Cl)cc1. The van der Waals surface area contributed by atoms with E-state index in [1.807, 2.05) is 0 Å². The van der Waals surface area contributed by atoms with Crippen LogP contribution in [0.4, 0.5) is 5.69 Å². The van der Waals surface area contributed by atoms with E-state index in [1.54, 1.807) is 42.5 Å². The Balaban J connectivity index is 2.14. The number of aliphatic carboxylic acids is 1. The van der Waals surface area contributed by atoms with E-state index in [0.29, 0.717) is 27.2 Å². The van der Waals surface area contributed by atoms with Gasteiger partial charge in [-0.05, 0) is 42.5 Å². The summed E-state index contributed by atoms with van der Waals surface area (Å²) in [4.78, 5) is 10.6. The maximum absolute atomic E-state index is 10.6. The highest BCUT2D eigenvalue weighted by molar-refractivity contribution is 6.31. The van der Waals surface area contributed by atoms with Gasteiger partial charge in [-0.25, -0.2) is 0 Å². The van der Waals surface area contributed by atoms with E-state index in [1.165, 1.54) is 0 Å². The third kappa shape index (κ3) is 4.85. The van der Waals surface area contributed by atoms with Gasteiger partial charge in [0.25, 0.3) is 0 Å². The van der Waals surface area contributed by atoms with E-state index in [-0.39, 0.29) is 13.0 Å². The van der Waals surface area contributed by atoms with Gasteiger partial charge in [0.15, 0.2) is 5.75 Å². The van der Waals surface area contributed by atoms with Crippen LogP contribution in [-0.4, -0.2) is 17.6 Å². The lowest BCUT2D eigenvalue weighted by atomic mass is 10.2. The summed E-state index contributed by atoms with van der Waals surface area (Å²) in [5, 5.41) is 12.8. The number of rotatable bonds is 6. The Kier molecular flexibility index (Phi) is 5.31. The van der Waals surface area contributed by atoms with Crippen LogP contribution in [0.5, 0.6) is 11.5 Å². The predicted molar refractivity (Wildman–Crippen MR) is 83.7 cm³/mol. The second-order valence-electron chi connectivity index (χ2n) is 4.27. The molecule has 2 aromatic carbocycles. The van der Waals surface area contributed by atoms with Crippen molar-refractivity contribution in [2.75, 3.05) is 11.9 Å². The van der Waals surface area contributed by atoms with Crippen LogP contribution in [0.2, 0.25) is 10.0 Å². The molecule has 0 saturated carbocycles. The lowest BCUT2D eigenvalue weighted by Crippen LogP contribution is -2.08. The van der Waals surface area contributed by atoms with Crippen molar-refractivity contribution in [2.24, 2.45) is 0 Å². The molecule has 21 heavy (non-hydrogen) atoms. The van der Waals surface area contributed by atoms with E-state index in [4.69, 9.17) is 33.0 Å². The first-order valence-electron chi connectivity index (χ1n) is 6.23. The standard InChI is InChI=1S/C15H13Cl2NO3/c16-10-1-4-12(5-2-10)21-14-6-3-11(17)9-13(14)18-8-7-15(19)20/h1-6,9,18H,7-8H2,(H,19,20). The molecule has 0 bridgehead atoms. The Morgan fingerprint density at radius 3 is 2.43 bits per heavy atom. The first-order chi connectivity index (χ1) is 10.0. The first kappa shape index (κ1) is 15.5. The Hall–Kier alpha value is -1.91. The van der Waals surface area contributed by atoms with Crippen LogP contribution >= 0.6 is 23.2 Å². The van der Waals surface area contributed by atoms with Gasteiger partial charge in [-0.3, -0.25) is 4.79 Å². The Bertz CT molecular complexity index is 629. The molecule has 0 atom stereocenters. The molecule has 2 N–H and O–H groups in total. The van der Waals surface area contributed by atoms with E-state index < -0.39 is 5.97 Å². The number of carboxylic acid groups (broad SMARTS) is 1. The normalized spacial score (nSPS) is 10.2. The van der Waals surface area contributed by atoms with Crippen LogP contribution in [0.3, 0.4) is 0 Å². The monoisotopic (exact) mass is 325 g/mol. The molecule has 0 aliphatic heterocycles. The number of halogens is 2. The van der Waals surface area contributed by atoms with Crippen molar-refractivity contribution in [3.05, 3.63) is 52.5 Å². The van der Waals surface area contributed by atoms with Crippen molar-refractivity contribution >= 4 is 34.9 Å². The molecule has 110 valence electrons. The van der Waals surface area contributed by atoms with Crippen LogP contribution in [0.15, 0.2) is 42.5 Å². The van der Waals surface area contributed by atoms with Crippen LogP contribution in [0.1, 0.15) is 6.42 Å². The summed E-state index contributed by atoms with van der Waals surface area (Å²) in [6, 6.07) is 12.1. The lowest BCUT2D eigenvalue weighted by molar-refractivity contribution is -0.136. The molecule has 0 amide bonds. The number of benzene rings is 2. The van der Waals surface area contributed by atoms with E-state index in [9.17, 15) is 4.79 Å². The summed E-state index contributed by atoms with van der Waals surface area (Å²) < 4.78 is 5.75. The Morgan fingerprint density at radius 2 is 1.76 bits per heavy atom. The van der Waals surface area contributed by atoms with E-state index in [2.05, 4.69) is 5.32 Å². The molecule has 0 aliphatic carbocycles. The fourth-order valence-corrected chi connectivity index (χ4v) is 1.96. The van der Waals surface area contributed by atoms with Crippen molar-refractivity contribution in [1.29, 1.82) is 0 Å². The minimum absolute atomic E-state index is 0.00684. The van der Waals surface area contributed by atoms with Gasteiger partial charge in [0.1, 0.15) is 5.75 Å². The molecule has 0 aliphatic rings. The molecule has 0 unspecified atom stereocenters. The number of carbonyl (C=O) groups is 1. The zero-order chi connectivity index (χ0) is 15.2.